The lowest BCUT2D eigenvalue weighted by molar-refractivity contribution is 0.651. The molecule has 0 radical (unpaired) electrons. The molecule has 3 heteroatoms. The van der Waals surface area contributed by atoms with Crippen molar-refractivity contribution in [2.24, 2.45) is 0 Å². The smallest absolute Gasteiger partial charge is 0.143 e. The van der Waals surface area contributed by atoms with Crippen LogP contribution in [-0.4, -0.2) is 0 Å². The molecule has 0 atom stereocenters. The van der Waals surface area contributed by atoms with E-state index < -0.39 is 0 Å². The largest absolute Gasteiger partial charge is 0.455 e. The molecular formula is C132H103NO2. The van der Waals surface area contributed by atoms with Crippen molar-refractivity contribution in [3.8, 4) is 145 Å². The molecule has 135 heavy (non-hydrogen) atoms. The highest BCUT2D eigenvalue weighted by atomic mass is 16.3. The van der Waals surface area contributed by atoms with Gasteiger partial charge in [0.15, 0.2) is 0 Å². The van der Waals surface area contributed by atoms with Crippen LogP contribution in [0, 0.1) is 0 Å². The predicted molar refractivity (Wildman–Crippen MR) is 563 cm³/mol. The standard InChI is InChI=1S/C132H103NO2/c1-125(2)101-34-24-20-30-83(101)85-50-40-74(58-103(85)125)76-42-52-87-89-54-44-78(62-107(89)127(5,6)105(87)60-76)95-66-115-119(121-93-32-22-26-36-117(93)134-123(95)121)99-70-111-97(68-113(99)131(115,13)14)91-56-48-81(64-109(91)129(111,9)10)133(80-46-38-73(39-47-80)72-28-18-17-19-29-72)82-49-57-92-98-69-114-100(71-112(98)130(11,12)110(92)65-82)120-116(132(114,15)16)67-96(124-122(120)94-33-23-27-37-118(94)135-124)79-45-55-90-88-53-43-77(61-106(88)128(7,8)108(90)63-79)75-41-51-86-84-31-21-25-35-102(84)126(3,4)104(86)59-75/h17-71H,1-16H3. The Balaban J connectivity index is 0.518. The summed E-state index contributed by atoms with van der Waals surface area (Å²) in [6, 6.07) is 129. The van der Waals surface area contributed by atoms with E-state index in [1.807, 2.05) is 0 Å². The molecule has 0 saturated carbocycles. The number of rotatable bonds is 8. The monoisotopic (exact) mass is 1730 g/mol. The molecule has 0 unspecified atom stereocenters. The summed E-state index contributed by atoms with van der Waals surface area (Å²) in [5, 5.41) is 4.69. The first-order valence-electron chi connectivity index (χ1n) is 48.6. The quantitative estimate of drug-likeness (QED) is 0.152. The second-order valence-electron chi connectivity index (χ2n) is 44.5. The van der Waals surface area contributed by atoms with Crippen molar-refractivity contribution < 1.29 is 8.83 Å². The number of nitrogens with zero attached hydrogens (tertiary/aromatic N) is 1. The summed E-state index contributed by atoms with van der Waals surface area (Å²) in [4.78, 5) is 2.53. The lowest BCUT2D eigenvalue weighted by Gasteiger charge is -2.30. The molecule has 648 valence electrons. The SMILES string of the molecule is CC1(C)c2ccccc2-c2ccc(-c3ccc4c(c3)C(C)(C)c3cc(-c5cc6c(c7c5oc5ccccc57)-c5cc7c(cc5C6(C)C)-c5ccc(N(c6ccc(-c8ccccc8)cc6)c6ccc8c(c6)C(C)(C)c6cc9c(cc6-8)C(C)(C)c6cc(-c8ccc%10c(c8)C(C)(C)c8cc(-c%11ccc%12c(c%11)C(C)(C)c%11ccccc%11-%12)ccc8-%10)c8oc%10ccccc%10c8c6-9)cc5C7(C)C)ccc3-4)cc21. The van der Waals surface area contributed by atoms with E-state index >= 15 is 0 Å². The molecule has 0 fully saturated rings. The summed E-state index contributed by atoms with van der Waals surface area (Å²) in [5.74, 6) is 0. The number of hydrogen-bond acceptors (Lipinski definition) is 3. The third-order valence-electron chi connectivity index (χ3n) is 34.7. The second kappa shape index (κ2) is 26.3. The van der Waals surface area contributed by atoms with Crippen molar-refractivity contribution >= 4 is 60.9 Å². The predicted octanol–water partition coefficient (Wildman–Crippen LogP) is 35.7. The summed E-state index contributed by atoms with van der Waals surface area (Å²) in [5.41, 5.74) is 59.8. The third kappa shape index (κ3) is 10.3. The molecule has 0 aliphatic heterocycles. The van der Waals surface area contributed by atoms with Crippen molar-refractivity contribution in [1.82, 2.24) is 0 Å². The van der Waals surface area contributed by atoms with Crippen LogP contribution in [0.25, 0.3) is 189 Å². The van der Waals surface area contributed by atoms with Crippen LogP contribution in [0.3, 0.4) is 0 Å². The number of anilines is 3. The van der Waals surface area contributed by atoms with Gasteiger partial charge in [-0.05, 0) is 344 Å². The molecule has 0 saturated heterocycles. The van der Waals surface area contributed by atoms with Crippen molar-refractivity contribution in [2.75, 3.05) is 4.90 Å². The molecule has 2 aromatic heterocycles. The van der Waals surface area contributed by atoms with Crippen LogP contribution in [0.4, 0.5) is 17.1 Å². The number of para-hydroxylation sites is 2. The van der Waals surface area contributed by atoms with E-state index in [0.717, 1.165) is 61.3 Å². The Morgan fingerprint density at radius 2 is 0.407 bits per heavy atom. The van der Waals surface area contributed by atoms with E-state index in [1.165, 1.54) is 233 Å². The molecule has 18 aromatic carbocycles. The van der Waals surface area contributed by atoms with Gasteiger partial charge in [-0.15, -0.1) is 0 Å². The molecule has 3 nitrogen and oxygen atoms in total. The molecule has 0 bridgehead atoms. The zero-order chi connectivity index (χ0) is 91.5. The van der Waals surface area contributed by atoms with E-state index in [-0.39, 0.29) is 43.3 Å². The van der Waals surface area contributed by atoms with Gasteiger partial charge in [-0.3, -0.25) is 0 Å². The van der Waals surface area contributed by atoms with Crippen molar-refractivity contribution in [3.63, 3.8) is 0 Å². The minimum atomic E-state index is -0.373. The summed E-state index contributed by atoms with van der Waals surface area (Å²) in [7, 11) is 0. The topological polar surface area (TPSA) is 29.5 Å². The average molecular weight is 1740 g/mol. The Labute approximate surface area is 790 Å². The molecule has 28 rings (SSSR count). The maximum atomic E-state index is 7.29. The Hall–Kier alpha value is -14.6. The Bertz CT molecular complexity index is 8360. The van der Waals surface area contributed by atoms with E-state index in [1.54, 1.807) is 0 Å². The molecule has 0 spiro atoms. The second-order valence-corrected chi connectivity index (χ2v) is 44.5. The highest BCUT2D eigenvalue weighted by molar-refractivity contribution is 6.21. The van der Waals surface area contributed by atoms with E-state index in [4.69, 9.17) is 8.83 Å². The number of benzene rings is 18. The minimum absolute atomic E-state index is 0.0750. The normalized spacial score (nSPS) is 16.6. The molecular weight excluding hydrogens is 1630 g/mol. The Morgan fingerprint density at radius 1 is 0.163 bits per heavy atom. The zero-order valence-corrected chi connectivity index (χ0v) is 79.5. The van der Waals surface area contributed by atoms with E-state index in [2.05, 4.69) is 449 Å². The number of hydrogen-bond donors (Lipinski definition) is 0. The molecule has 8 aliphatic carbocycles. The van der Waals surface area contributed by atoms with Crippen molar-refractivity contribution in [1.29, 1.82) is 0 Å². The van der Waals surface area contributed by atoms with Gasteiger partial charge < -0.3 is 13.7 Å². The maximum absolute atomic E-state index is 7.29. The highest BCUT2D eigenvalue weighted by Gasteiger charge is 2.49. The van der Waals surface area contributed by atoms with Crippen LogP contribution < -0.4 is 4.90 Å². The van der Waals surface area contributed by atoms with Crippen LogP contribution in [-0.2, 0) is 43.3 Å². The first kappa shape index (κ1) is 79.0. The first-order valence-corrected chi connectivity index (χ1v) is 48.6. The summed E-state index contributed by atoms with van der Waals surface area (Å²) in [6.45, 7) is 38.9. The average Bonchev–Trinajstić information content (AvgIpc) is 1.52. The van der Waals surface area contributed by atoms with E-state index in [0.29, 0.717) is 0 Å². The van der Waals surface area contributed by atoms with Gasteiger partial charge in [0.2, 0.25) is 0 Å². The van der Waals surface area contributed by atoms with Gasteiger partial charge in [0.25, 0.3) is 0 Å². The molecule has 20 aromatic rings. The van der Waals surface area contributed by atoms with Gasteiger partial charge >= 0.3 is 0 Å². The molecule has 8 aliphatic rings. The van der Waals surface area contributed by atoms with Crippen LogP contribution in [0.15, 0.2) is 342 Å². The fourth-order valence-electron chi connectivity index (χ4n) is 27.1. The van der Waals surface area contributed by atoms with Crippen molar-refractivity contribution in [2.45, 2.75) is 154 Å². The fourth-order valence-corrected chi connectivity index (χ4v) is 27.1. The van der Waals surface area contributed by atoms with Gasteiger partial charge in [-0.2, -0.15) is 0 Å². The van der Waals surface area contributed by atoms with Gasteiger partial charge in [0, 0.05) is 93.1 Å². The lowest BCUT2D eigenvalue weighted by atomic mass is 9.78. The van der Waals surface area contributed by atoms with Gasteiger partial charge in [-0.1, -0.05) is 323 Å². The van der Waals surface area contributed by atoms with Crippen LogP contribution >= 0.6 is 0 Å². The van der Waals surface area contributed by atoms with Gasteiger partial charge in [0.1, 0.15) is 22.3 Å². The maximum Gasteiger partial charge on any atom is 0.143 e. The Morgan fingerprint density at radius 3 is 0.793 bits per heavy atom. The molecule has 0 N–H and O–H groups in total. The van der Waals surface area contributed by atoms with Crippen molar-refractivity contribution in [3.05, 3.63) is 423 Å². The zero-order valence-electron chi connectivity index (χ0n) is 79.5. The van der Waals surface area contributed by atoms with Crippen LogP contribution in [0.2, 0.25) is 0 Å². The molecule has 2 heterocycles. The Kier molecular flexibility index (Phi) is 15.4. The first-order chi connectivity index (χ1) is 64.9. The number of fused-ring (bicyclic) bond motifs is 32. The fraction of sp³-hybridized carbons (Fsp3) is 0.182. The van der Waals surface area contributed by atoms with Crippen LogP contribution in [0.1, 0.15) is 200 Å². The summed E-state index contributed by atoms with van der Waals surface area (Å²) < 4.78 is 14.6. The van der Waals surface area contributed by atoms with Gasteiger partial charge in [-0.25, -0.2) is 0 Å². The third-order valence-corrected chi connectivity index (χ3v) is 34.7. The lowest BCUT2D eigenvalue weighted by Crippen LogP contribution is -2.18. The van der Waals surface area contributed by atoms with Crippen LogP contribution in [0.5, 0.6) is 0 Å². The highest BCUT2D eigenvalue weighted by Crippen LogP contribution is 2.66. The summed E-state index contributed by atoms with van der Waals surface area (Å²) in [6.07, 6.45) is 0. The summed E-state index contributed by atoms with van der Waals surface area (Å²) >= 11 is 0. The number of furan rings is 2. The van der Waals surface area contributed by atoms with E-state index in [9.17, 15) is 0 Å². The van der Waals surface area contributed by atoms with Gasteiger partial charge in [0.05, 0.1) is 0 Å². The minimum Gasteiger partial charge on any atom is -0.455 e. The molecule has 0 amide bonds.